The predicted octanol–water partition coefficient (Wildman–Crippen LogP) is 0.639. The SMILES string of the molecule is COC1CN(C(=O)N2CCC(C)(C(=O)O)CC2)CC1OC. The molecule has 2 rings (SSSR count). The molecule has 0 aromatic rings. The van der Waals surface area contributed by atoms with E-state index in [1.807, 2.05) is 0 Å². The zero-order valence-corrected chi connectivity index (χ0v) is 12.9. The Morgan fingerprint density at radius 3 is 1.90 bits per heavy atom. The van der Waals surface area contributed by atoms with Gasteiger partial charge in [0.1, 0.15) is 12.2 Å². The highest BCUT2D eigenvalue weighted by molar-refractivity contribution is 5.77. The van der Waals surface area contributed by atoms with E-state index in [-0.39, 0.29) is 18.2 Å². The molecule has 2 fully saturated rings. The van der Waals surface area contributed by atoms with Gasteiger partial charge < -0.3 is 24.4 Å². The van der Waals surface area contributed by atoms with Crippen LogP contribution < -0.4 is 0 Å². The fourth-order valence-electron chi connectivity index (χ4n) is 2.96. The molecule has 0 bridgehead atoms. The van der Waals surface area contributed by atoms with Crippen molar-refractivity contribution in [2.75, 3.05) is 40.4 Å². The van der Waals surface area contributed by atoms with Crippen molar-refractivity contribution in [3.05, 3.63) is 0 Å². The molecule has 0 spiro atoms. The number of carbonyl (C=O) groups excluding carboxylic acids is 1. The molecule has 2 amide bonds. The number of ether oxygens (including phenoxy) is 2. The van der Waals surface area contributed by atoms with Crippen molar-refractivity contribution < 1.29 is 24.2 Å². The Morgan fingerprint density at radius 2 is 1.52 bits per heavy atom. The van der Waals surface area contributed by atoms with Gasteiger partial charge >= 0.3 is 12.0 Å². The quantitative estimate of drug-likeness (QED) is 0.827. The molecule has 2 aliphatic heterocycles. The average molecular weight is 300 g/mol. The molecule has 0 aromatic heterocycles. The number of rotatable bonds is 3. The fraction of sp³-hybridized carbons (Fsp3) is 0.857. The van der Waals surface area contributed by atoms with Crippen molar-refractivity contribution in [2.24, 2.45) is 5.41 Å². The Bertz CT molecular complexity index is 394. The van der Waals surface area contributed by atoms with Gasteiger partial charge in [-0.15, -0.1) is 0 Å². The molecular weight excluding hydrogens is 276 g/mol. The summed E-state index contributed by atoms with van der Waals surface area (Å²) in [6.45, 7) is 3.73. The number of hydrogen-bond donors (Lipinski definition) is 1. The van der Waals surface area contributed by atoms with Crippen LogP contribution in [0.5, 0.6) is 0 Å². The van der Waals surface area contributed by atoms with Gasteiger partial charge in [-0.1, -0.05) is 0 Å². The van der Waals surface area contributed by atoms with E-state index >= 15 is 0 Å². The third-order valence-corrected chi connectivity index (χ3v) is 4.75. The maximum Gasteiger partial charge on any atom is 0.320 e. The number of hydrogen-bond acceptors (Lipinski definition) is 4. The van der Waals surface area contributed by atoms with E-state index in [1.165, 1.54) is 0 Å². The van der Waals surface area contributed by atoms with Crippen LogP contribution in [-0.2, 0) is 14.3 Å². The lowest BCUT2D eigenvalue weighted by Crippen LogP contribution is -2.49. The molecule has 7 nitrogen and oxygen atoms in total. The number of urea groups is 1. The lowest BCUT2D eigenvalue weighted by molar-refractivity contribution is -0.150. The third-order valence-electron chi connectivity index (χ3n) is 4.75. The van der Waals surface area contributed by atoms with Crippen LogP contribution in [0.15, 0.2) is 0 Å². The van der Waals surface area contributed by atoms with E-state index in [0.717, 1.165) is 0 Å². The number of amides is 2. The zero-order valence-electron chi connectivity index (χ0n) is 12.9. The normalized spacial score (nSPS) is 28.7. The molecular formula is C14H24N2O5. The molecule has 2 atom stereocenters. The maximum atomic E-state index is 12.5. The molecule has 21 heavy (non-hydrogen) atoms. The number of aliphatic carboxylic acids is 1. The van der Waals surface area contributed by atoms with E-state index in [1.54, 1.807) is 30.9 Å². The summed E-state index contributed by atoms with van der Waals surface area (Å²) in [6.07, 6.45) is 0.771. The first-order valence-electron chi connectivity index (χ1n) is 7.24. The van der Waals surface area contributed by atoms with Gasteiger partial charge in [0.05, 0.1) is 18.5 Å². The Labute approximate surface area is 124 Å². The van der Waals surface area contributed by atoms with E-state index in [4.69, 9.17) is 9.47 Å². The van der Waals surface area contributed by atoms with E-state index in [0.29, 0.717) is 39.0 Å². The first-order chi connectivity index (χ1) is 9.91. The lowest BCUT2D eigenvalue weighted by Gasteiger charge is -2.38. The molecule has 0 radical (unpaired) electrons. The predicted molar refractivity (Wildman–Crippen MR) is 75.1 cm³/mol. The molecule has 2 saturated heterocycles. The monoisotopic (exact) mass is 300 g/mol. The smallest absolute Gasteiger partial charge is 0.320 e. The summed E-state index contributed by atoms with van der Waals surface area (Å²) in [6, 6.07) is -0.0518. The highest BCUT2D eigenvalue weighted by Gasteiger charge is 2.41. The van der Waals surface area contributed by atoms with Crippen LogP contribution in [0.2, 0.25) is 0 Å². The summed E-state index contributed by atoms with van der Waals surface area (Å²) in [5.41, 5.74) is -0.716. The van der Waals surface area contributed by atoms with Crippen LogP contribution in [-0.4, -0.2) is 79.5 Å². The van der Waals surface area contributed by atoms with Crippen molar-refractivity contribution in [1.29, 1.82) is 0 Å². The van der Waals surface area contributed by atoms with Crippen LogP contribution in [0.25, 0.3) is 0 Å². The van der Waals surface area contributed by atoms with Crippen molar-refractivity contribution in [2.45, 2.75) is 32.0 Å². The zero-order chi connectivity index (χ0) is 15.6. The van der Waals surface area contributed by atoms with Crippen molar-refractivity contribution in [3.8, 4) is 0 Å². The van der Waals surface area contributed by atoms with Gasteiger partial charge in [0, 0.05) is 27.3 Å². The van der Waals surface area contributed by atoms with Gasteiger partial charge in [0.2, 0.25) is 0 Å². The van der Waals surface area contributed by atoms with Crippen LogP contribution >= 0.6 is 0 Å². The topological polar surface area (TPSA) is 79.3 Å². The number of methoxy groups -OCH3 is 2. The molecule has 0 aromatic carbocycles. The minimum atomic E-state index is -0.783. The largest absolute Gasteiger partial charge is 0.481 e. The highest BCUT2D eigenvalue weighted by atomic mass is 16.5. The second-order valence-corrected chi connectivity index (χ2v) is 6.09. The summed E-state index contributed by atoms with van der Waals surface area (Å²) in [7, 11) is 3.23. The van der Waals surface area contributed by atoms with Gasteiger partial charge in [-0.2, -0.15) is 0 Å². The van der Waals surface area contributed by atoms with E-state index in [9.17, 15) is 14.7 Å². The number of likely N-dealkylation sites (tertiary alicyclic amines) is 2. The van der Waals surface area contributed by atoms with Gasteiger partial charge in [-0.25, -0.2) is 4.79 Å². The second-order valence-electron chi connectivity index (χ2n) is 6.09. The Kier molecular flexibility index (Phi) is 4.73. The van der Waals surface area contributed by atoms with Gasteiger partial charge in [0.15, 0.2) is 0 Å². The Hall–Kier alpha value is -1.34. The Morgan fingerprint density at radius 1 is 1.05 bits per heavy atom. The summed E-state index contributed by atoms with van der Waals surface area (Å²) >= 11 is 0. The summed E-state index contributed by atoms with van der Waals surface area (Å²) < 4.78 is 10.7. The maximum absolute atomic E-state index is 12.5. The van der Waals surface area contributed by atoms with Crippen LogP contribution in [0.1, 0.15) is 19.8 Å². The van der Waals surface area contributed by atoms with Crippen molar-refractivity contribution in [1.82, 2.24) is 9.80 Å². The van der Waals surface area contributed by atoms with Gasteiger partial charge in [0.25, 0.3) is 0 Å². The van der Waals surface area contributed by atoms with Crippen LogP contribution in [0.4, 0.5) is 4.79 Å². The van der Waals surface area contributed by atoms with Crippen molar-refractivity contribution >= 4 is 12.0 Å². The molecule has 2 aliphatic rings. The standard InChI is InChI=1S/C14H24N2O5/c1-14(12(17)18)4-6-15(7-5-14)13(19)16-8-10(20-2)11(9-16)21-3/h10-11H,4-9H2,1-3H3,(H,17,18). The van der Waals surface area contributed by atoms with Crippen molar-refractivity contribution in [3.63, 3.8) is 0 Å². The average Bonchev–Trinajstić information content (AvgIpc) is 2.90. The molecule has 7 heteroatoms. The number of nitrogens with zero attached hydrogens (tertiary/aromatic N) is 2. The molecule has 0 saturated carbocycles. The lowest BCUT2D eigenvalue weighted by atomic mass is 9.80. The van der Waals surface area contributed by atoms with E-state index in [2.05, 4.69) is 0 Å². The van der Waals surface area contributed by atoms with Gasteiger partial charge in [-0.3, -0.25) is 4.79 Å². The van der Waals surface area contributed by atoms with Crippen LogP contribution in [0.3, 0.4) is 0 Å². The minimum absolute atomic E-state index is 0.0518. The summed E-state index contributed by atoms with van der Waals surface area (Å²) in [4.78, 5) is 27.2. The first kappa shape index (κ1) is 16.0. The minimum Gasteiger partial charge on any atom is -0.481 e. The molecule has 1 N–H and O–H groups in total. The second kappa shape index (κ2) is 6.19. The Balaban J connectivity index is 1.92. The molecule has 2 unspecified atom stereocenters. The molecule has 2 heterocycles. The number of carboxylic acids is 1. The summed E-state index contributed by atoms with van der Waals surface area (Å²) in [5, 5.41) is 9.22. The van der Waals surface area contributed by atoms with Crippen LogP contribution in [0, 0.1) is 5.41 Å². The molecule has 0 aliphatic carbocycles. The molecule has 120 valence electrons. The number of carbonyl (C=O) groups is 2. The first-order valence-corrected chi connectivity index (χ1v) is 7.24. The highest BCUT2D eigenvalue weighted by Crippen LogP contribution is 2.31. The summed E-state index contributed by atoms with van der Waals surface area (Å²) in [5.74, 6) is -0.783. The number of piperidine rings is 1. The van der Waals surface area contributed by atoms with Gasteiger partial charge in [-0.05, 0) is 19.8 Å². The fourth-order valence-corrected chi connectivity index (χ4v) is 2.96. The van der Waals surface area contributed by atoms with E-state index < -0.39 is 11.4 Å². The number of carboxylic acid groups (broad SMARTS) is 1. The third kappa shape index (κ3) is 3.13.